The second-order valence-electron chi connectivity index (χ2n) is 9.84. The van der Waals surface area contributed by atoms with E-state index in [1.54, 1.807) is 29.2 Å². The summed E-state index contributed by atoms with van der Waals surface area (Å²) in [6, 6.07) is 19.8. The van der Waals surface area contributed by atoms with Crippen LogP contribution in [0.15, 0.2) is 72.8 Å². The van der Waals surface area contributed by atoms with Crippen LogP contribution < -0.4 is 15.5 Å². The molecule has 1 aliphatic carbocycles. The Morgan fingerprint density at radius 3 is 2.44 bits per heavy atom. The van der Waals surface area contributed by atoms with Crippen LogP contribution in [0.5, 0.6) is 0 Å². The fourth-order valence-corrected chi connectivity index (χ4v) is 5.00. The van der Waals surface area contributed by atoms with E-state index >= 15 is 0 Å². The van der Waals surface area contributed by atoms with Gasteiger partial charge in [0.25, 0.3) is 11.9 Å². The number of carbonyl (C=O) groups excluding carboxylic acids is 2. The molecule has 1 heterocycles. The van der Waals surface area contributed by atoms with Gasteiger partial charge in [-0.15, -0.1) is 5.10 Å². The van der Waals surface area contributed by atoms with Crippen LogP contribution in [0.3, 0.4) is 0 Å². The van der Waals surface area contributed by atoms with E-state index in [0.29, 0.717) is 15.6 Å². The van der Waals surface area contributed by atoms with Crippen molar-refractivity contribution in [3.8, 4) is 0 Å². The lowest BCUT2D eigenvalue weighted by molar-refractivity contribution is 0.102. The number of halogens is 2. The molecule has 9 nitrogen and oxygen atoms in total. The molecule has 1 unspecified atom stereocenters. The standard InChI is InChI=1S/C30H29Cl2N7O2/c1-19(24-13-16-26(31)27(32)17-24)33-30(41)39(25-14-11-22(12-15-25)21-5-3-2-4-6-21)18-20-7-9-23(10-8-20)28(40)34-29-35-37-38-36-29/h5,7-17,19H,2-4,6,18H2,1H3,(H,33,41)(H2,34,35,36,37,38,40). The molecule has 0 fully saturated rings. The van der Waals surface area contributed by atoms with E-state index in [4.69, 9.17) is 23.2 Å². The second kappa shape index (κ2) is 13.0. The number of hydrogen-bond donors (Lipinski definition) is 3. The lowest BCUT2D eigenvalue weighted by Crippen LogP contribution is -2.40. The van der Waals surface area contributed by atoms with E-state index < -0.39 is 0 Å². The minimum absolute atomic E-state index is 0.0884. The highest BCUT2D eigenvalue weighted by atomic mass is 35.5. The predicted molar refractivity (Wildman–Crippen MR) is 161 cm³/mol. The van der Waals surface area contributed by atoms with Gasteiger partial charge in [0.2, 0.25) is 0 Å². The fourth-order valence-electron chi connectivity index (χ4n) is 4.70. The molecule has 5 rings (SSSR count). The number of nitrogens with one attached hydrogen (secondary N) is 3. The Bertz CT molecular complexity index is 1540. The molecular weight excluding hydrogens is 561 g/mol. The predicted octanol–water partition coefficient (Wildman–Crippen LogP) is 7.19. The number of anilines is 2. The molecule has 1 aromatic heterocycles. The minimum Gasteiger partial charge on any atom is -0.331 e. The molecule has 0 radical (unpaired) electrons. The quantitative estimate of drug-likeness (QED) is 0.201. The van der Waals surface area contributed by atoms with E-state index in [-0.39, 0.29) is 30.5 Å². The number of hydrogen-bond acceptors (Lipinski definition) is 5. The maximum Gasteiger partial charge on any atom is 0.322 e. The number of carbonyl (C=O) groups is 2. The molecule has 3 N–H and O–H groups in total. The van der Waals surface area contributed by atoms with Gasteiger partial charge in [-0.25, -0.2) is 4.79 Å². The number of tetrazole rings is 1. The Labute approximate surface area is 247 Å². The average molecular weight is 591 g/mol. The summed E-state index contributed by atoms with van der Waals surface area (Å²) in [5.74, 6) is -0.277. The Kier molecular flexibility index (Phi) is 8.96. The van der Waals surface area contributed by atoms with Crippen molar-refractivity contribution in [2.45, 2.75) is 45.2 Å². The highest BCUT2D eigenvalue weighted by Crippen LogP contribution is 2.29. The maximum absolute atomic E-state index is 13.7. The maximum atomic E-state index is 13.7. The van der Waals surface area contributed by atoms with Crippen LogP contribution in [-0.2, 0) is 6.54 Å². The summed E-state index contributed by atoms with van der Waals surface area (Å²) in [5.41, 5.74) is 5.38. The van der Waals surface area contributed by atoms with Gasteiger partial charge < -0.3 is 5.32 Å². The molecule has 1 atom stereocenters. The third-order valence-electron chi connectivity index (χ3n) is 7.00. The topological polar surface area (TPSA) is 116 Å². The number of rotatable bonds is 8. The van der Waals surface area contributed by atoms with Gasteiger partial charge in [-0.2, -0.15) is 5.21 Å². The average Bonchev–Trinajstić information content (AvgIpc) is 3.51. The monoisotopic (exact) mass is 589 g/mol. The molecule has 4 aromatic rings. The number of amides is 3. The van der Waals surface area contributed by atoms with Crippen molar-refractivity contribution in [2.75, 3.05) is 10.2 Å². The zero-order valence-corrected chi connectivity index (χ0v) is 23.9. The van der Waals surface area contributed by atoms with Crippen LogP contribution in [0.4, 0.5) is 16.4 Å². The van der Waals surface area contributed by atoms with Gasteiger partial charge in [0.05, 0.1) is 22.6 Å². The molecule has 3 aromatic carbocycles. The largest absolute Gasteiger partial charge is 0.331 e. The highest BCUT2D eigenvalue weighted by molar-refractivity contribution is 6.42. The molecule has 210 valence electrons. The molecular formula is C30H29Cl2N7O2. The first-order valence-corrected chi connectivity index (χ1v) is 14.1. The number of urea groups is 1. The number of allylic oxidation sites excluding steroid dienone is 2. The molecule has 11 heteroatoms. The van der Waals surface area contributed by atoms with E-state index in [0.717, 1.165) is 29.7 Å². The van der Waals surface area contributed by atoms with Gasteiger partial charge in [-0.1, -0.05) is 64.7 Å². The lowest BCUT2D eigenvalue weighted by atomic mass is 9.93. The fraction of sp³-hybridized carbons (Fsp3) is 0.233. The SMILES string of the molecule is CC(NC(=O)N(Cc1ccc(C(=O)Nc2nn[nH]n2)cc1)c1ccc(C2=CCCCC2)cc1)c1ccc(Cl)c(Cl)c1. The van der Waals surface area contributed by atoms with E-state index in [1.165, 1.54) is 24.0 Å². The van der Waals surface area contributed by atoms with E-state index in [2.05, 4.69) is 49.5 Å². The first-order valence-electron chi connectivity index (χ1n) is 13.3. The van der Waals surface area contributed by atoms with Crippen molar-refractivity contribution >= 4 is 52.3 Å². The summed E-state index contributed by atoms with van der Waals surface area (Å²) < 4.78 is 0. The molecule has 0 saturated carbocycles. The van der Waals surface area contributed by atoms with Crippen LogP contribution in [-0.4, -0.2) is 32.6 Å². The molecule has 1 aliphatic rings. The molecule has 41 heavy (non-hydrogen) atoms. The van der Waals surface area contributed by atoms with Crippen LogP contribution in [0.1, 0.15) is 65.7 Å². The van der Waals surface area contributed by atoms with Crippen molar-refractivity contribution in [1.82, 2.24) is 25.9 Å². The summed E-state index contributed by atoms with van der Waals surface area (Å²) in [4.78, 5) is 27.9. The van der Waals surface area contributed by atoms with Gasteiger partial charge in [-0.3, -0.25) is 15.0 Å². The summed E-state index contributed by atoms with van der Waals surface area (Å²) >= 11 is 12.3. The van der Waals surface area contributed by atoms with Crippen LogP contribution in [0.25, 0.3) is 5.57 Å². The zero-order valence-electron chi connectivity index (χ0n) is 22.4. The normalized spacial score (nSPS) is 13.7. The van der Waals surface area contributed by atoms with Gasteiger partial charge in [0.15, 0.2) is 0 Å². The van der Waals surface area contributed by atoms with E-state index in [1.807, 2.05) is 37.3 Å². The summed E-state index contributed by atoms with van der Waals surface area (Å²) in [6.07, 6.45) is 6.89. The van der Waals surface area contributed by atoms with E-state index in [9.17, 15) is 9.59 Å². The summed E-state index contributed by atoms with van der Waals surface area (Å²) in [6.45, 7) is 2.18. The first kappa shape index (κ1) is 28.3. The van der Waals surface area contributed by atoms with Gasteiger partial charge in [-0.05, 0) is 96.5 Å². The number of benzene rings is 3. The van der Waals surface area contributed by atoms with Crippen molar-refractivity contribution in [1.29, 1.82) is 0 Å². The lowest BCUT2D eigenvalue weighted by Gasteiger charge is -2.26. The molecule has 0 bridgehead atoms. The number of aromatic amines is 1. The second-order valence-corrected chi connectivity index (χ2v) is 10.7. The summed E-state index contributed by atoms with van der Waals surface area (Å²) in [5, 5.41) is 19.7. The smallest absolute Gasteiger partial charge is 0.322 e. The Hall–Kier alpha value is -4.21. The van der Waals surface area contributed by atoms with Crippen LogP contribution >= 0.6 is 23.2 Å². The van der Waals surface area contributed by atoms with Crippen molar-refractivity contribution in [3.63, 3.8) is 0 Å². The first-order chi connectivity index (χ1) is 19.9. The number of nitrogens with zero attached hydrogens (tertiary/aromatic N) is 4. The Morgan fingerprint density at radius 2 is 1.78 bits per heavy atom. The minimum atomic E-state index is -0.365. The summed E-state index contributed by atoms with van der Waals surface area (Å²) in [7, 11) is 0. The molecule has 3 amide bonds. The molecule has 0 saturated heterocycles. The Balaban J connectivity index is 1.36. The molecule has 0 aliphatic heterocycles. The Morgan fingerprint density at radius 1 is 1.00 bits per heavy atom. The zero-order chi connectivity index (χ0) is 28.8. The highest BCUT2D eigenvalue weighted by Gasteiger charge is 2.20. The number of H-pyrrole nitrogens is 1. The number of aromatic nitrogens is 4. The molecule has 0 spiro atoms. The van der Waals surface area contributed by atoms with Gasteiger partial charge in [0.1, 0.15) is 0 Å². The third kappa shape index (κ3) is 7.11. The van der Waals surface area contributed by atoms with Crippen molar-refractivity contribution in [2.24, 2.45) is 0 Å². The van der Waals surface area contributed by atoms with Gasteiger partial charge in [0, 0.05) is 11.3 Å². The third-order valence-corrected chi connectivity index (χ3v) is 7.74. The van der Waals surface area contributed by atoms with Crippen LogP contribution in [0.2, 0.25) is 10.0 Å². The van der Waals surface area contributed by atoms with Crippen LogP contribution in [0, 0.1) is 0 Å². The van der Waals surface area contributed by atoms with Crippen molar-refractivity contribution in [3.05, 3.63) is 105 Å². The van der Waals surface area contributed by atoms with Crippen molar-refractivity contribution < 1.29 is 9.59 Å². The van der Waals surface area contributed by atoms with Gasteiger partial charge >= 0.3 is 6.03 Å².